The number of hydrogen-bond donors (Lipinski definition) is 0. The third-order valence-corrected chi connectivity index (χ3v) is 0.658. The maximum absolute atomic E-state index is 3.68. The van der Waals surface area contributed by atoms with Crippen LogP contribution in [0.4, 0.5) is 0 Å². The van der Waals surface area contributed by atoms with Crippen LogP contribution in [0.2, 0.25) is 0 Å². The van der Waals surface area contributed by atoms with Crippen molar-refractivity contribution in [2.24, 2.45) is 0 Å². The number of allylic oxidation sites excluding steroid dienone is 1. The van der Waals surface area contributed by atoms with Gasteiger partial charge in [0, 0.05) is 0 Å². The Labute approximate surface area is 56.7 Å². The molecule has 1 heteroatoms. The minimum absolute atomic E-state index is 0. The molecule has 0 rings (SSSR count). The zero-order valence-corrected chi connectivity index (χ0v) is 5.96. The molecule has 0 aromatic heterocycles. The first-order chi connectivity index (χ1) is 2.91. The molecule has 0 aliphatic rings. The first kappa shape index (κ1) is 10.3. The van der Waals surface area contributed by atoms with Crippen molar-refractivity contribution in [1.29, 1.82) is 0 Å². The topological polar surface area (TPSA) is 0 Å². The molecule has 0 atom stereocenters. The summed E-state index contributed by atoms with van der Waals surface area (Å²) < 4.78 is 0. The molecular weight excluding hydrogens is 124 g/mol. The van der Waals surface area contributed by atoms with E-state index in [1.165, 1.54) is 6.42 Å². The zero-order valence-electron chi connectivity index (χ0n) is 4.56. The summed E-state index contributed by atoms with van der Waals surface area (Å²) in [5.41, 5.74) is 0. The van der Waals surface area contributed by atoms with Crippen molar-refractivity contribution in [3.63, 3.8) is 0 Å². The Kier molecular flexibility index (Phi) is 14.0. The van der Waals surface area contributed by atoms with Gasteiger partial charge in [0.15, 0.2) is 0 Å². The summed E-state index contributed by atoms with van der Waals surface area (Å²) in [6.45, 7) is 7.25. The third kappa shape index (κ3) is 10.7. The van der Waals surface area contributed by atoms with E-state index in [0.717, 1.165) is 12.8 Å². The van der Waals surface area contributed by atoms with E-state index in [-0.39, 0.29) is 17.4 Å². The molecule has 0 saturated carbocycles. The molecule has 0 aliphatic heterocycles. The fourth-order valence-corrected chi connectivity index (χ4v) is 0.289. The molecule has 0 fully saturated rings. The summed E-state index contributed by atoms with van der Waals surface area (Å²) in [7, 11) is 0. The Morgan fingerprint density at radius 3 is 2.29 bits per heavy atom. The average Bonchev–Trinajstić information content (AvgIpc) is 1.61. The molecule has 0 aromatic rings. The predicted octanol–water partition coefficient (Wildman–Crippen LogP) is 1.91. The van der Waals surface area contributed by atoms with Crippen LogP contribution >= 0.6 is 0 Å². The normalized spacial score (nSPS) is 7.00. The first-order valence-corrected chi connectivity index (χ1v) is 2.32. The van der Waals surface area contributed by atoms with Crippen LogP contribution in [0.25, 0.3) is 0 Å². The molecule has 0 radical (unpaired) electrons. The standard InChI is InChI=1S/C6H11.Cr.H/c1-3-5-6-4-2;;/h3H,1-2,4-6H2;;/q-1;+2;. The fourth-order valence-electron chi connectivity index (χ4n) is 0.289. The van der Waals surface area contributed by atoms with Gasteiger partial charge in [-0.1, -0.05) is 12.5 Å². The van der Waals surface area contributed by atoms with E-state index < -0.39 is 0 Å². The van der Waals surface area contributed by atoms with E-state index >= 15 is 0 Å². The summed E-state index contributed by atoms with van der Waals surface area (Å²) in [5, 5.41) is 0. The van der Waals surface area contributed by atoms with Crippen LogP contribution < -0.4 is 0 Å². The molecule has 0 spiro atoms. The molecule has 0 unspecified atom stereocenters. The Morgan fingerprint density at radius 1 is 1.57 bits per heavy atom. The van der Waals surface area contributed by atoms with Gasteiger partial charge in [-0.3, -0.25) is 0 Å². The molecule has 0 aromatic carbocycles. The van der Waals surface area contributed by atoms with Crippen LogP contribution in [-0.4, -0.2) is 0 Å². The van der Waals surface area contributed by atoms with E-state index in [9.17, 15) is 0 Å². The van der Waals surface area contributed by atoms with Crippen molar-refractivity contribution < 1.29 is 17.4 Å². The van der Waals surface area contributed by atoms with Gasteiger partial charge >= 0.3 is 17.4 Å². The molecule has 0 bridgehead atoms. The Morgan fingerprint density at radius 2 is 2.14 bits per heavy atom. The van der Waals surface area contributed by atoms with E-state index in [2.05, 4.69) is 13.5 Å². The van der Waals surface area contributed by atoms with Gasteiger partial charge in [0.1, 0.15) is 0 Å². The Balaban J connectivity index is 0. The molecule has 0 nitrogen and oxygen atoms in total. The van der Waals surface area contributed by atoms with Gasteiger partial charge in [-0.2, -0.15) is 6.42 Å². The summed E-state index contributed by atoms with van der Waals surface area (Å²) in [5.74, 6) is 0. The molecule has 0 saturated heterocycles. The molecule has 0 aliphatic carbocycles. The van der Waals surface area contributed by atoms with Gasteiger partial charge in [0.2, 0.25) is 0 Å². The summed E-state index contributed by atoms with van der Waals surface area (Å²) >= 11 is 0. The van der Waals surface area contributed by atoms with Gasteiger partial charge in [0.25, 0.3) is 0 Å². The maximum atomic E-state index is 3.68. The van der Waals surface area contributed by atoms with Crippen molar-refractivity contribution in [2.75, 3.05) is 0 Å². The summed E-state index contributed by atoms with van der Waals surface area (Å²) in [4.78, 5) is 0. The SMILES string of the molecule is C=CCCC[CH2-].[CrH+2]. The molecule has 0 amide bonds. The third-order valence-electron chi connectivity index (χ3n) is 0.658. The Bertz CT molecular complexity index is 33.2. The van der Waals surface area contributed by atoms with Crippen LogP contribution in [0, 0.1) is 6.92 Å². The second kappa shape index (κ2) is 9.55. The summed E-state index contributed by atoms with van der Waals surface area (Å²) in [6.07, 6.45) is 5.25. The van der Waals surface area contributed by atoms with E-state index in [0.29, 0.717) is 0 Å². The average molecular weight is 136 g/mol. The Hall–Kier alpha value is 0.272. The molecule has 0 N–H and O–H groups in total. The van der Waals surface area contributed by atoms with Crippen LogP contribution in [0.3, 0.4) is 0 Å². The second-order valence-electron chi connectivity index (χ2n) is 1.28. The molecule has 41 valence electrons. The number of hydrogen-bond acceptors (Lipinski definition) is 0. The van der Waals surface area contributed by atoms with Gasteiger partial charge in [-0.25, -0.2) is 0 Å². The quantitative estimate of drug-likeness (QED) is 0.316. The van der Waals surface area contributed by atoms with E-state index in [4.69, 9.17) is 0 Å². The molecular formula is C6H12Cr+. The van der Waals surface area contributed by atoms with Crippen LogP contribution in [0.1, 0.15) is 19.3 Å². The number of rotatable bonds is 3. The van der Waals surface area contributed by atoms with Gasteiger partial charge in [-0.05, 0) is 6.42 Å². The van der Waals surface area contributed by atoms with Crippen LogP contribution in [0.15, 0.2) is 12.7 Å². The first-order valence-electron chi connectivity index (χ1n) is 2.32. The van der Waals surface area contributed by atoms with Crippen LogP contribution in [0.5, 0.6) is 0 Å². The molecule has 0 heterocycles. The fraction of sp³-hybridized carbons (Fsp3) is 0.500. The van der Waals surface area contributed by atoms with E-state index in [1.54, 1.807) is 0 Å². The minimum atomic E-state index is 0. The monoisotopic (exact) mass is 136 g/mol. The van der Waals surface area contributed by atoms with Crippen molar-refractivity contribution in [2.45, 2.75) is 19.3 Å². The predicted molar refractivity (Wildman–Crippen MR) is 30.8 cm³/mol. The second-order valence-corrected chi connectivity index (χ2v) is 1.28. The van der Waals surface area contributed by atoms with Gasteiger partial charge in [-0.15, -0.1) is 6.58 Å². The van der Waals surface area contributed by atoms with Gasteiger partial charge in [0.05, 0.1) is 0 Å². The van der Waals surface area contributed by atoms with Crippen molar-refractivity contribution in [3.8, 4) is 0 Å². The zero-order chi connectivity index (χ0) is 4.83. The van der Waals surface area contributed by atoms with Gasteiger partial charge < -0.3 is 6.92 Å². The van der Waals surface area contributed by atoms with Crippen LogP contribution in [-0.2, 0) is 17.4 Å². The van der Waals surface area contributed by atoms with Crippen molar-refractivity contribution in [3.05, 3.63) is 19.6 Å². The van der Waals surface area contributed by atoms with Crippen molar-refractivity contribution >= 4 is 0 Å². The molecule has 7 heavy (non-hydrogen) atoms. The van der Waals surface area contributed by atoms with Crippen molar-refractivity contribution in [1.82, 2.24) is 0 Å². The summed E-state index contributed by atoms with van der Waals surface area (Å²) in [6, 6.07) is 0. The van der Waals surface area contributed by atoms with E-state index in [1.807, 2.05) is 6.08 Å². The number of unbranched alkanes of at least 4 members (excludes halogenated alkanes) is 2.